The van der Waals surface area contributed by atoms with Gasteiger partial charge in [-0.05, 0) is 47.2 Å². The van der Waals surface area contributed by atoms with Gasteiger partial charge in [0.05, 0.1) is 23.0 Å². The van der Waals surface area contributed by atoms with Gasteiger partial charge in [-0.15, -0.1) is 10.2 Å². The van der Waals surface area contributed by atoms with Gasteiger partial charge in [0.15, 0.2) is 5.76 Å². The van der Waals surface area contributed by atoms with Gasteiger partial charge in [0.1, 0.15) is 11.4 Å². The maximum absolute atomic E-state index is 14.1. The summed E-state index contributed by atoms with van der Waals surface area (Å²) < 4.78 is 129. The summed E-state index contributed by atoms with van der Waals surface area (Å²) >= 11 is 0. The number of hydrogen-bond acceptors (Lipinski definition) is 3. The second-order valence-electron chi connectivity index (χ2n) is 8.06. The third kappa shape index (κ3) is 4.36. The fourth-order valence-corrected chi connectivity index (χ4v) is 4.16. The topological polar surface area (TPSA) is 38.9 Å². The lowest BCUT2D eigenvalue weighted by Gasteiger charge is -2.22. The van der Waals surface area contributed by atoms with Crippen LogP contribution in [0, 0.1) is 0 Å². The van der Waals surface area contributed by atoms with Crippen LogP contribution in [0.5, 0.6) is 0 Å². The third-order valence-corrected chi connectivity index (χ3v) is 5.71. The molecule has 0 atom stereocenters. The normalized spacial score (nSPS) is 13.0. The van der Waals surface area contributed by atoms with Crippen LogP contribution in [0.2, 0.25) is 0 Å². The maximum atomic E-state index is 14.1. The summed E-state index contributed by atoms with van der Waals surface area (Å²) in [5.41, 5.74) is -8.81. The summed E-state index contributed by atoms with van der Waals surface area (Å²) in [7, 11) is 0. The van der Waals surface area contributed by atoms with E-state index in [4.69, 9.17) is 4.42 Å². The van der Waals surface area contributed by atoms with Gasteiger partial charge in [-0.2, -0.15) is 39.5 Å². The van der Waals surface area contributed by atoms with E-state index < -0.39 is 52.5 Å². The molecular weight excluding hydrogens is 515 g/mol. The van der Waals surface area contributed by atoms with E-state index in [1.54, 1.807) is 24.3 Å². The molecule has 12 heteroatoms. The van der Waals surface area contributed by atoms with Gasteiger partial charge in [0.25, 0.3) is 0 Å². The first-order valence-corrected chi connectivity index (χ1v) is 10.4. The van der Waals surface area contributed by atoms with Crippen LogP contribution in [0.3, 0.4) is 0 Å². The second-order valence-corrected chi connectivity index (χ2v) is 8.06. The molecule has 0 aliphatic heterocycles. The lowest BCUT2D eigenvalue weighted by Crippen LogP contribution is -2.20. The molecule has 0 amide bonds. The minimum atomic E-state index is -5.75. The number of alkyl halides is 9. The molecule has 5 rings (SSSR count). The molecular formula is C25H11F9N2O. The average Bonchev–Trinajstić information content (AvgIpc) is 3.34. The highest BCUT2D eigenvalue weighted by Gasteiger charge is 2.48. The minimum Gasteiger partial charge on any atom is -0.463 e. The molecule has 2 aromatic heterocycles. The first-order chi connectivity index (χ1) is 17.2. The Hall–Kier alpha value is -4.09. The van der Waals surface area contributed by atoms with Crippen molar-refractivity contribution in [2.45, 2.75) is 18.5 Å². The van der Waals surface area contributed by atoms with E-state index in [0.717, 1.165) is 0 Å². The molecule has 0 fully saturated rings. The second kappa shape index (κ2) is 8.22. The van der Waals surface area contributed by atoms with E-state index in [1.165, 1.54) is 30.5 Å². The van der Waals surface area contributed by atoms with Crippen molar-refractivity contribution in [1.29, 1.82) is 0 Å². The highest BCUT2D eigenvalue weighted by atomic mass is 19.4. The van der Waals surface area contributed by atoms with E-state index in [1.807, 2.05) is 0 Å². The van der Waals surface area contributed by atoms with Gasteiger partial charge in [0.2, 0.25) is 0 Å². The highest BCUT2D eigenvalue weighted by Crippen LogP contribution is 2.49. The first kappa shape index (κ1) is 24.6. The third-order valence-electron chi connectivity index (χ3n) is 5.71. The Kier molecular flexibility index (Phi) is 5.46. The molecule has 0 bridgehead atoms. The van der Waals surface area contributed by atoms with E-state index in [2.05, 4.69) is 10.2 Å². The molecule has 0 saturated heterocycles. The average molecular weight is 526 g/mol. The van der Waals surface area contributed by atoms with Crippen molar-refractivity contribution in [3.05, 3.63) is 83.6 Å². The molecule has 37 heavy (non-hydrogen) atoms. The Balaban J connectivity index is 1.97. The summed E-state index contributed by atoms with van der Waals surface area (Å²) in [4.78, 5) is 0. The van der Waals surface area contributed by atoms with Crippen LogP contribution in [0.25, 0.3) is 44.3 Å². The Bertz CT molecular complexity index is 1630. The van der Waals surface area contributed by atoms with E-state index in [-0.39, 0.29) is 28.3 Å². The number of halogens is 9. The van der Waals surface area contributed by atoms with Gasteiger partial charge in [-0.1, -0.05) is 24.3 Å². The summed E-state index contributed by atoms with van der Waals surface area (Å²) in [5.74, 6) is 0.149. The predicted molar refractivity (Wildman–Crippen MR) is 115 cm³/mol. The van der Waals surface area contributed by atoms with Crippen LogP contribution < -0.4 is 0 Å². The van der Waals surface area contributed by atoms with Crippen molar-refractivity contribution in [2.75, 3.05) is 0 Å². The molecule has 190 valence electrons. The highest BCUT2D eigenvalue weighted by molar-refractivity contribution is 6.08. The van der Waals surface area contributed by atoms with Crippen molar-refractivity contribution < 1.29 is 43.9 Å². The summed E-state index contributed by atoms with van der Waals surface area (Å²) in [6.45, 7) is 0. The van der Waals surface area contributed by atoms with Crippen LogP contribution in [-0.2, 0) is 18.5 Å². The van der Waals surface area contributed by atoms with Gasteiger partial charge < -0.3 is 4.42 Å². The van der Waals surface area contributed by atoms with Crippen LogP contribution in [-0.4, -0.2) is 10.2 Å². The molecule has 3 aromatic carbocycles. The molecule has 3 nitrogen and oxygen atoms in total. The molecule has 0 radical (unpaired) electrons. The maximum Gasteiger partial charge on any atom is 0.417 e. The van der Waals surface area contributed by atoms with Crippen molar-refractivity contribution in [3.63, 3.8) is 0 Å². The van der Waals surface area contributed by atoms with Gasteiger partial charge in [-0.25, -0.2) is 0 Å². The number of rotatable bonds is 2. The van der Waals surface area contributed by atoms with E-state index >= 15 is 0 Å². The van der Waals surface area contributed by atoms with Crippen molar-refractivity contribution in [2.24, 2.45) is 0 Å². The Labute approximate surface area is 201 Å². The van der Waals surface area contributed by atoms with Crippen molar-refractivity contribution in [1.82, 2.24) is 10.2 Å². The molecule has 0 unspecified atom stereocenters. The van der Waals surface area contributed by atoms with Gasteiger partial charge >= 0.3 is 18.5 Å². The SMILES string of the molecule is FC(F)(F)c1cc(-c2nnc(-c3ccco3)c3cc4ccccc4cc23)c(C(F)(F)F)c(C(F)(F)F)c1. The van der Waals surface area contributed by atoms with Crippen LogP contribution in [0.1, 0.15) is 16.7 Å². The van der Waals surface area contributed by atoms with Crippen LogP contribution in [0.4, 0.5) is 39.5 Å². The lowest BCUT2D eigenvalue weighted by molar-refractivity contribution is -0.163. The van der Waals surface area contributed by atoms with Gasteiger partial charge in [0, 0.05) is 16.3 Å². The smallest absolute Gasteiger partial charge is 0.417 e. The first-order valence-electron chi connectivity index (χ1n) is 10.4. The molecule has 0 N–H and O–H groups in total. The monoisotopic (exact) mass is 526 g/mol. The Morgan fingerprint density at radius 2 is 1.19 bits per heavy atom. The fraction of sp³-hybridized carbons (Fsp3) is 0.120. The lowest BCUT2D eigenvalue weighted by atomic mass is 9.91. The Morgan fingerprint density at radius 3 is 1.70 bits per heavy atom. The van der Waals surface area contributed by atoms with Crippen LogP contribution in [0.15, 0.2) is 71.3 Å². The van der Waals surface area contributed by atoms with E-state index in [9.17, 15) is 39.5 Å². The number of nitrogens with zero attached hydrogens (tertiary/aromatic N) is 2. The number of hydrogen-bond donors (Lipinski definition) is 0. The predicted octanol–water partition coefficient (Wildman–Crippen LogP) is 8.77. The fourth-order valence-electron chi connectivity index (χ4n) is 4.16. The molecule has 2 heterocycles. The molecule has 0 spiro atoms. The number of fused-ring (bicyclic) bond motifs is 2. The van der Waals surface area contributed by atoms with E-state index in [0.29, 0.717) is 10.8 Å². The zero-order chi connectivity index (χ0) is 26.8. The van der Waals surface area contributed by atoms with Crippen molar-refractivity contribution >= 4 is 21.5 Å². The minimum absolute atomic E-state index is 0.0171. The quantitative estimate of drug-likeness (QED) is 0.171. The zero-order valence-corrected chi connectivity index (χ0v) is 18.1. The summed E-state index contributed by atoms with van der Waals surface area (Å²) in [6.07, 6.45) is -15.5. The van der Waals surface area contributed by atoms with Crippen LogP contribution >= 0.6 is 0 Å². The largest absolute Gasteiger partial charge is 0.463 e. The summed E-state index contributed by atoms with van der Waals surface area (Å²) in [5, 5.41) is 8.62. The number of benzene rings is 3. The summed E-state index contributed by atoms with van der Waals surface area (Å²) in [6, 6.07) is 11.9. The Morgan fingerprint density at radius 1 is 0.595 bits per heavy atom. The molecule has 0 aliphatic rings. The number of furan rings is 1. The number of aromatic nitrogens is 2. The molecule has 0 saturated carbocycles. The van der Waals surface area contributed by atoms with Gasteiger partial charge in [-0.3, -0.25) is 0 Å². The van der Waals surface area contributed by atoms with Crippen molar-refractivity contribution in [3.8, 4) is 22.7 Å². The molecule has 5 aromatic rings. The standard InChI is InChI=1S/C25H11F9N2O/c26-23(27,28)14-10-17(20(25(32,33)34)18(11-14)24(29,30)31)21-15-8-12-4-1-2-5-13(12)9-16(15)22(36-35-21)19-6-3-7-37-19/h1-11H. The molecule has 0 aliphatic carbocycles. The zero-order valence-electron chi connectivity index (χ0n) is 18.1.